The highest BCUT2D eigenvalue weighted by Crippen LogP contribution is 2.39. The molecule has 0 bridgehead atoms. The van der Waals surface area contributed by atoms with Gasteiger partial charge in [0.15, 0.2) is 11.5 Å². The molecule has 0 saturated carbocycles. The Morgan fingerprint density at radius 3 is 1.68 bits per heavy atom. The monoisotopic (exact) mass is 430 g/mol. The Balaban J connectivity index is 2.29. The van der Waals surface area contributed by atoms with Gasteiger partial charge in [-0.1, -0.05) is 12.1 Å². The Labute approximate surface area is 176 Å². The van der Waals surface area contributed by atoms with Gasteiger partial charge in [0, 0.05) is 12.1 Å². The lowest BCUT2D eigenvalue weighted by atomic mass is 9.91. The van der Waals surface area contributed by atoms with Crippen LogP contribution < -0.4 is 15.6 Å². The maximum Gasteiger partial charge on any atom is 0.227 e. The lowest BCUT2D eigenvalue weighted by Crippen LogP contribution is -2.14. The van der Waals surface area contributed by atoms with Crippen molar-refractivity contribution in [2.75, 3.05) is 0 Å². The van der Waals surface area contributed by atoms with E-state index in [2.05, 4.69) is 0 Å². The minimum Gasteiger partial charge on any atom is -0.502 e. The molecule has 0 fully saturated rings. The SMILES string of the molecule is CC(C)Oc1ccc(C(c2oc(CO)cc(=O)c2O)c2oc(CO)cc(=O)c2O)cc1. The van der Waals surface area contributed by atoms with Crippen molar-refractivity contribution in [2.45, 2.75) is 39.1 Å². The van der Waals surface area contributed by atoms with Crippen molar-refractivity contribution >= 4 is 0 Å². The second-order valence-corrected chi connectivity index (χ2v) is 7.06. The molecule has 0 aliphatic heterocycles. The van der Waals surface area contributed by atoms with Gasteiger partial charge in [0.05, 0.1) is 6.10 Å². The molecule has 31 heavy (non-hydrogen) atoms. The van der Waals surface area contributed by atoms with E-state index in [1.807, 2.05) is 13.8 Å². The smallest absolute Gasteiger partial charge is 0.227 e. The van der Waals surface area contributed by atoms with Crippen LogP contribution in [-0.2, 0) is 13.2 Å². The third-order valence-electron chi connectivity index (χ3n) is 4.42. The fraction of sp³-hybridized carbons (Fsp3) is 0.273. The molecule has 0 atom stereocenters. The average molecular weight is 430 g/mol. The third kappa shape index (κ3) is 4.62. The molecular formula is C22H22O9. The summed E-state index contributed by atoms with van der Waals surface area (Å²) in [5.74, 6) is -3.22. The van der Waals surface area contributed by atoms with E-state index in [0.717, 1.165) is 12.1 Å². The number of hydrogen-bond acceptors (Lipinski definition) is 9. The van der Waals surface area contributed by atoms with Crippen LogP contribution in [0.5, 0.6) is 17.2 Å². The van der Waals surface area contributed by atoms with Crippen molar-refractivity contribution in [3.05, 3.63) is 85.4 Å². The highest BCUT2D eigenvalue weighted by Gasteiger charge is 2.31. The van der Waals surface area contributed by atoms with Crippen LogP contribution in [0.4, 0.5) is 0 Å². The zero-order valence-electron chi connectivity index (χ0n) is 16.9. The summed E-state index contributed by atoms with van der Waals surface area (Å²) in [6.45, 7) is 2.47. The lowest BCUT2D eigenvalue weighted by Gasteiger charge is -2.19. The van der Waals surface area contributed by atoms with Crippen molar-refractivity contribution in [3.8, 4) is 17.2 Å². The second kappa shape index (κ2) is 9.07. The van der Waals surface area contributed by atoms with Gasteiger partial charge in [-0.2, -0.15) is 0 Å². The van der Waals surface area contributed by atoms with Crippen LogP contribution in [-0.4, -0.2) is 26.5 Å². The van der Waals surface area contributed by atoms with Gasteiger partial charge in [0.2, 0.25) is 22.4 Å². The molecule has 2 aromatic heterocycles. The van der Waals surface area contributed by atoms with Gasteiger partial charge < -0.3 is 34.0 Å². The van der Waals surface area contributed by atoms with Crippen molar-refractivity contribution in [1.29, 1.82) is 0 Å². The maximum atomic E-state index is 12.2. The predicted octanol–water partition coefficient (Wildman–Crippen LogP) is 1.96. The highest BCUT2D eigenvalue weighted by molar-refractivity contribution is 5.46. The van der Waals surface area contributed by atoms with Gasteiger partial charge in [-0.25, -0.2) is 0 Å². The summed E-state index contributed by atoms with van der Waals surface area (Å²) in [5.41, 5.74) is -1.27. The summed E-state index contributed by atoms with van der Waals surface area (Å²) >= 11 is 0. The summed E-state index contributed by atoms with van der Waals surface area (Å²) in [5, 5.41) is 39.6. The Morgan fingerprint density at radius 1 is 0.839 bits per heavy atom. The summed E-state index contributed by atoms with van der Waals surface area (Å²) in [6.07, 6.45) is -0.0757. The fourth-order valence-electron chi connectivity index (χ4n) is 3.09. The number of aliphatic hydroxyl groups is 2. The maximum absolute atomic E-state index is 12.2. The molecule has 0 radical (unpaired) electrons. The zero-order chi connectivity index (χ0) is 22.7. The second-order valence-electron chi connectivity index (χ2n) is 7.06. The van der Waals surface area contributed by atoms with E-state index in [1.54, 1.807) is 24.3 Å². The number of aliphatic hydroxyl groups excluding tert-OH is 2. The van der Waals surface area contributed by atoms with Gasteiger partial charge in [0.25, 0.3) is 0 Å². The first-order valence-corrected chi connectivity index (χ1v) is 9.45. The molecule has 0 spiro atoms. The number of ether oxygens (including phenoxy) is 1. The molecule has 0 amide bonds. The standard InChI is InChI=1S/C22H22O9/c1-11(2)29-13-5-3-12(4-6-13)18(21-19(27)16(25)7-14(9-23)30-21)22-20(28)17(26)8-15(10-24)31-22/h3-8,11,18,23-24,27-28H,9-10H2,1-2H3. The van der Waals surface area contributed by atoms with Crippen LogP contribution in [0.1, 0.15) is 48.4 Å². The molecule has 164 valence electrons. The molecule has 3 rings (SSSR count). The molecule has 0 unspecified atom stereocenters. The van der Waals surface area contributed by atoms with E-state index in [0.29, 0.717) is 11.3 Å². The summed E-state index contributed by atoms with van der Waals surface area (Å²) in [7, 11) is 0. The van der Waals surface area contributed by atoms with E-state index in [4.69, 9.17) is 13.6 Å². The van der Waals surface area contributed by atoms with E-state index < -0.39 is 41.5 Å². The molecule has 3 aromatic rings. The van der Waals surface area contributed by atoms with Crippen LogP contribution in [0.25, 0.3) is 0 Å². The summed E-state index contributed by atoms with van der Waals surface area (Å²) in [6, 6.07) is 8.26. The fourth-order valence-corrected chi connectivity index (χ4v) is 3.09. The van der Waals surface area contributed by atoms with Gasteiger partial charge in [0.1, 0.15) is 36.4 Å². The van der Waals surface area contributed by atoms with Crippen LogP contribution in [0.15, 0.2) is 54.8 Å². The predicted molar refractivity (Wildman–Crippen MR) is 108 cm³/mol. The highest BCUT2D eigenvalue weighted by atomic mass is 16.5. The zero-order valence-corrected chi connectivity index (χ0v) is 16.9. The number of aromatic hydroxyl groups is 2. The molecule has 4 N–H and O–H groups in total. The van der Waals surface area contributed by atoms with Gasteiger partial charge in [-0.15, -0.1) is 0 Å². The summed E-state index contributed by atoms with van der Waals surface area (Å²) in [4.78, 5) is 24.4. The van der Waals surface area contributed by atoms with E-state index in [-0.39, 0.29) is 29.1 Å². The van der Waals surface area contributed by atoms with Crippen LogP contribution in [0, 0.1) is 0 Å². The Kier molecular flexibility index (Phi) is 6.47. The van der Waals surface area contributed by atoms with Gasteiger partial charge >= 0.3 is 0 Å². The number of hydrogen-bond donors (Lipinski definition) is 4. The molecular weight excluding hydrogens is 408 g/mol. The quantitative estimate of drug-likeness (QED) is 0.441. The van der Waals surface area contributed by atoms with Crippen LogP contribution in [0.3, 0.4) is 0 Å². The summed E-state index contributed by atoms with van der Waals surface area (Å²) < 4.78 is 16.6. The van der Waals surface area contributed by atoms with Crippen LogP contribution >= 0.6 is 0 Å². The van der Waals surface area contributed by atoms with E-state index in [1.165, 1.54) is 0 Å². The normalized spacial score (nSPS) is 11.3. The van der Waals surface area contributed by atoms with Gasteiger partial charge in [-0.3, -0.25) is 9.59 Å². The Bertz CT molecular complexity index is 1110. The minimum atomic E-state index is -1.24. The molecule has 9 heteroatoms. The number of benzene rings is 1. The van der Waals surface area contributed by atoms with Crippen molar-refractivity contribution in [2.24, 2.45) is 0 Å². The number of rotatable bonds is 7. The minimum absolute atomic E-state index is 0.0757. The van der Waals surface area contributed by atoms with Crippen molar-refractivity contribution in [1.82, 2.24) is 0 Å². The molecule has 0 saturated heterocycles. The Morgan fingerprint density at radius 2 is 1.29 bits per heavy atom. The Hall–Kier alpha value is -3.56. The largest absolute Gasteiger partial charge is 0.502 e. The van der Waals surface area contributed by atoms with Crippen LogP contribution in [0.2, 0.25) is 0 Å². The van der Waals surface area contributed by atoms with Crippen molar-refractivity contribution in [3.63, 3.8) is 0 Å². The van der Waals surface area contributed by atoms with E-state index in [9.17, 15) is 30.0 Å². The van der Waals surface area contributed by atoms with Crippen molar-refractivity contribution < 1.29 is 34.0 Å². The first kappa shape index (κ1) is 22.1. The average Bonchev–Trinajstić information content (AvgIpc) is 2.74. The third-order valence-corrected chi connectivity index (χ3v) is 4.42. The first-order valence-electron chi connectivity index (χ1n) is 9.45. The molecule has 0 aliphatic carbocycles. The molecule has 9 nitrogen and oxygen atoms in total. The topological polar surface area (TPSA) is 151 Å². The molecule has 1 aromatic carbocycles. The lowest BCUT2D eigenvalue weighted by molar-refractivity contribution is 0.225. The molecule has 0 aliphatic rings. The first-order chi connectivity index (χ1) is 14.7. The molecule has 2 heterocycles. The van der Waals surface area contributed by atoms with Gasteiger partial charge in [-0.05, 0) is 31.5 Å². The van der Waals surface area contributed by atoms with E-state index >= 15 is 0 Å².